The molecule has 0 unspecified atom stereocenters. The molecule has 5 nitrogen and oxygen atoms in total. The zero-order valence-corrected chi connectivity index (χ0v) is 12.9. The van der Waals surface area contributed by atoms with E-state index in [2.05, 4.69) is 15.6 Å². The maximum atomic E-state index is 11.9. The second-order valence-electron chi connectivity index (χ2n) is 4.88. The fourth-order valence-electron chi connectivity index (χ4n) is 2.04. The maximum absolute atomic E-state index is 11.9. The lowest BCUT2D eigenvalue weighted by Crippen LogP contribution is -2.36. The van der Waals surface area contributed by atoms with Crippen LogP contribution >= 0.6 is 0 Å². The van der Waals surface area contributed by atoms with Gasteiger partial charge in [0.1, 0.15) is 5.75 Å². The van der Waals surface area contributed by atoms with E-state index in [9.17, 15) is 4.79 Å². The Labute approximate surface area is 130 Å². The van der Waals surface area contributed by atoms with E-state index in [1.54, 1.807) is 6.20 Å². The number of carbonyl (C=O) groups is 1. The molecule has 1 heterocycles. The van der Waals surface area contributed by atoms with Gasteiger partial charge >= 0.3 is 6.03 Å². The van der Waals surface area contributed by atoms with Crippen molar-refractivity contribution in [2.24, 2.45) is 0 Å². The first-order valence-corrected chi connectivity index (χ1v) is 7.36. The summed E-state index contributed by atoms with van der Waals surface area (Å²) in [6, 6.07) is 13.0. The Balaban J connectivity index is 1.86. The smallest absolute Gasteiger partial charge is 0.315 e. The van der Waals surface area contributed by atoms with Crippen molar-refractivity contribution >= 4 is 6.03 Å². The van der Waals surface area contributed by atoms with Gasteiger partial charge in [-0.3, -0.25) is 4.98 Å². The topological polar surface area (TPSA) is 63.2 Å². The third kappa shape index (κ3) is 4.77. The SMILES string of the molecule is CCOc1cccc([C@@H](C)NC(=O)NCc2ccccn2)c1. The molecule has 0 spiro atoms. The van der Waals surface area contributed by atoms with Gasteiger partial charge in [-0.2, -0.15) is 0 Å². The normalized spacial score (nSPS) is 11.5. The van der Waals surface area contributed by atoms with Gasteiger partial charge in [-0.1, -0.05) is 18.2 Å². The number of nitrogens with zero attached hydrogens (tertiary/aromatic N) is 1. The highest BCUT2D eigenvalue weighted by molar-refractivity contribution is 5.74. The number of hydrogen-bond donors (Lipinski definition) is 2. The van der Waals surface area contributed by atoms with Crippen LogP contribution in [-0.2, 0) is 6.54 Å². The molecule has 1 aromatic heterocycles. The Morgan fingerprint density at radius 2 is 2.14 bits per heavy atom. The van der Waals surface area contributed by atoms with Gasteiger partial charge in [0.2, 0.25) is 0 Å². The third-order valence-electron chi connectivity index (χ3n) is 3.17. The Morgan fingerprint density at radius 3 is 2.86 bits per heavy atom. The van der Waals surface area contributed by atoms with Gasteiger partial charge in [0, 0.05) is 6.20 Å². The molecule has 0 aliphatic rings. The van der Waals surface area contributed by atoms with Crippen LogP contribution in [-0.4, -0.2) is 17.6 Å². The Hall–Kier alpha value is -2.56. The molecule has 0 radical (unpaired) electrons. The van der Waals surface area contributed by atoms with Crippen molar-refractivity contribution in [2.45, 2.75) is 26.4 Å². The third-order valence-corrected chi connectivity index (χ3v) is 3.17. The van der Waals surface area contributed by atoms with E-state index in [-0.39, 0.29) is 12.1 Å². The molecule has 5 heteroatoms. The van der Waals surface area contributed by atoms with Gasteiger partial charge in [0.15, 0.2) is 0 Å². The molecule has 22 heavy (non-hydrogen) atoms. The summed E-state index contributed by atoms with van der Waals surface area (Å²) in [6.07, 6.45) is 1.71. The first kappa shape index (κ1) is 15.8. The molecule has 0 saturated heterocycles. The molecule has 2 aromatic rings. The molecule has 2 N–H and O–H groups in total. The van der Waals surface area contributed by atoms with Gasteiger partial charge in [-0.15, -0.1) is 0 Å². The Morgan fingerprint density at radius 1 is 1.27 bits per heavy atom. The van der Waals surface area contributed by atoms with Gasteiger partial charge in [-0.25, -0.2) is 4.79 Å². The number of carbonyl (C=O) groups excluding carboxylic acids is 1. The minimum Gasteiger partial charge on any atom is -0.494 e. The van der Waals surface area contributed by atoms with E-state index < -0.39 is 0 Å². The molecule has 1 atom stereocenters. The summed E-state index contributed by atoms with van der Waals surface area (Å²) < 4.78 is 5.47. The number of urea groups is 1. The van der Waals surface area contributed by atoms with Crippen LogP contribution in [0.25, 0.3) is 0 Å². The predicted molar refractivity (Wildman–Crippen MR) is 85.6 cm³/mol. The first-order valence-electron chi connectivity index (χ1n) is 7.36. The lowest BCUT2D eigenvalue weighted by atomic mass is 10.1. The van der Waals surface area contributed by atoms with Crippen molar-refractivity contribution in [2.75, 3.05) is 6.61 Å². The monoisotopic (exact) mass is 299 g/mol. The van der Waals surface area contributed by atoms with Crippen molar-refractivity contribution in [3.8, 4) is 5.75 Å². The van der Waals surface area contributed by atoms with Crippen molar-refractivity contribution in [1.82, 2.24) is 15.6 Å². The van der Waals surface area contributed by atoms with Crippen LogP contribution in [0, 0.1) is 0 Å². The van der Waals surface area contributed by atoms with Crippen molar-refractivity contribution in [3.05, 3.63) is 59.9 Å². The molecule has 0 aliphatic heterocycles. The van der Waals surface area contributed by atoms with E-state index in [0.717, 1.165) is 17.0 Å². The lowest BCUT2D eigenvalue weighted by Gasteiger charge is -2.16. The van der Waals surface area contributed by atoms with E-state index in [1.807, 2.05) is 56.3 Å². The minimum atomic E-state index is -0.222. The molecule has 2 rings (SSSR count). The van der Waals surface area contributed by atoms with Gasteiger partial charge in [-0.05, 0) is 43.7 Å². The van der Waals surface area contributed by atoms with Crippen LogP contribution in [0.2, 0.25) is 0 Å². The maximum Gasteiger partial charge on any atom is 0.315 e. The van der Waals surface area contributed by atoms with Gasteiger partial charge < -0.3 is 15.4 Å². The minimum absolute atomic E-state index is 0.107. The number of hydrogen-bond acceptors (Lipinski definition) is 3. The fraction of sp³-hybridized carbons (Fsp3) is 0.294. The number of pyridine rings is 1. The number of ether oxygens (including phenoxy) is 1. The molecule has 0 aliphatic carbocycles. The molecule has 0 bridgehead atoms. The lowest BCUT2D eigenvalue weighted by molar-refractivity contribution is 0.237. The standard InChI is InChI=1S/C17H21N3O2/c1-3-22-16-9-6-7-14(11-16)13(2)20-17(21)19-12-15-8-4-5-10-18-15/h4-11,13H,3,12H2,1-2H3,(H2,19,20,21)/t13-/m1/s1. The van der Waals surface area contributed by atoms with Crippen molar-refractivity contribution in [1.29, 1.82) is 0 Å². The summed E-state index contributed by atoms with van der Waals surface area (Å²) in [5.41, 5.74) is 1.82. The number of nitrogens with one attached hydrogen (secondary N) is 2. The van der Waals surface area contributed by atoms with Gasteiger partial charge in [0.25, 0.3) is 0 Å². The predicted octanol–water partition coefficient (Wildman–Crippen LogP) is 3.04. The van der Waals surface area contributed by atoms with Crippen molar-refractivity contribution < 1.29 is 9.53 Å². The molecule has 116 valence electrons. The Kier molecular flexibility index (Phi) is 5.77. The molecular formula is C17H21N3O2. The number of amides is 2. The van der Waals surface area contributed by atoms with Crippen LogP contribution < -0.4 is 15.4 Å². The van der Waals surface area contributed by atoms with Crippen LogP contribution in [0.15, 0.2) is 48.7 Å². The van der Waals surface area contributed by atoms with E-state index >= 15 is 0 Å². The summed E-state index contributed by atoms with van der Waals surface area (Å²) in [4.78, 5) is 16.1. The average molecular weight is 299 g/mol. The summed E-state index contributed by atoms with van der Waals surface area (Å²) >= 11 is 0. The zero-order valence-electron chi connectivity index (χ0n) is 12.9. The summed E-state index contributed by atoms with van der Waals surface area (Å²) in [5, 5.41) is 5.70. The number of benzene rings is 1. The largest absolute Gasteiger partial charge is 0.494 e. The van der Waals surface area contributed by atoms with Crippen LogP contribution in [0.4, 0.5) is 4.79 Å². The van der Waals surface area contributed by atoms with Crippen molar-refractivity contribution in [3.63, 3.8) is 0 Å². The average Bonchev–Trinajstić information content (AvgIpc) is 2.54. The molecule has 0 saturated carbocycles. The highest BCUT2D eigenvalue weighted by atomic mass is 16.5. The van der Waals surface area contributed by atoms with Crippen LogP contribution in [0.5, 0.6) is 5.75 Å². The van der Waals surface area contributed by atoms with E-state index in [4.69, 9.17) is 4.74 Å². The fourth-order valence-corrected chi connectivity index (χ4v) is 2.04. The molecule has 1 aromatic carbocycles. The summed E-state index contributed by atoms with van der Waals surface area (Å²) in [5.74, 6) is 0.808. The second kappa shape index (κ2) is 8.02. The van der Waals surface area contributed by atoms with Crippen LogP contribution in [0.1, 0.15) is 31.1 Å². The summed E-state index contributed by atoms with van der Waals surface area (Å²) in [7, 11) is 0. The highest BCUT2D eigenvalue weighted by Gasteiger charge is 2.10. The number of rotatable bonds is 6. The number of aromatic nitrogens is 1. The van der Waals surface area contributed by atoms with Gasteiger partial charge in [0.05, 0.1) is 24.9 Å². The molecule has 0 fully saturated rings. The Bertz CT molecular complexity index is 602. The second-order valence-corrected chi connectivity index (χ2v) is 4.88. The first-order chi connectivity index (χ1) is 10.7. The molecule has 2 amide bonds. The van der Waals surface area contributed by atoms with E-state index in [0.29, 0.717) is 13.2 Å². The summed E-state index contributed by atoms with van der Waals surface area (Å²) in [6.45, 7) is 4.90. The van der Waals surface area contributed by atoms with Crippen LogP contribution in [0.3, 0.4) is 0 Å². The van der Waals surface area contributed by atoms with E-state index in [1.165, 1.54) is 0 Å². The zero-order chi connectivity index (χ0) is 15.8. The quantitative estimate of drug-likeness (QED) is 0.861. The highest BCUT2D eigenvalue weighted by Crippen LogP contribution is 2.18. The molecular weight excluding hydrogens is 278 g/mol.